The summed E-state index contributed by atoms with van der Waals surface area (Å²) < 4.78 is 9.22. The third-order valence-corrected chi connectivity index (χ3v) is 4.74. The summed E-state index contributed by atoms with van der Waals surface area (Å²) in [6.45, 7) is 3.40. The van der Waals surface area contributed by atoms with Crippen molar-refractivity contribution in [2.45, 2.75) is 39.9 Å². The standard InChI is InChI=1S/C13H17NO5.C10H13NO3/c1-4-9-5-8(7-15)6-10(14-13(17)19-3)11(9)12(16)18-2;1-2-7-3-6(5-12)4-8(11)9(7)10(13)14/h5-6,15H,4,7H2,1-3H3,(H,14,17);3-4,12H,2,5,11H2,1H3,(H,13,14). The Bertz CT molecular complexity index is 1000. The number of benzene rings is 2. The van der Waals surface area contributed by atoms with Gasteiger partial charge < -0.3 is 30.5 Å². The number of carboxylic acids is 1. The largest absolute Gasteiger partial charge is 0.478 e. The molecule has 0 saturated heterocycles. The van der Waals surface area contributed by atoms with Gasteiger partial charge in [-0.25, -0.2) is 14.4 Å². The summed E-state index contributed by atoms with van der Waals surface area (Å²) in [5.74, 6) is -1.57. The number of aromatic carboxylic acids is 1. The zero-order chi connectivity index (χ0) is 25.1. The molecule has 0 aliphatic heterocycles. The quantitative estimate of drug-likeness (QED) is 0.307. The highest BCUT2D eigenvalue weighted by molar-refractivity contribution is 6.01. The highest BCUT2D eigenvalue weighted by atomic mass is 16.5. The fourth-order valence-corrected chi connectivity index (χ4v) is 3.17. The fourth-order valence-electron chi connectivity index (χ4n) is 3.17. The molecule has 0 aliphatic carbocycles. The molecule has 10 heteroatoms. The van der Waals surface area contributed by atoms with Gasteiger partial charge in [0.1, 0.15) is 0 Å². The van der Waals surface area contributed by atoms with Crippen LogP contribution < -0.4 is 11.1 Å². The molecule has 10 nitrogen and oxygen atoms in total. The zero-order valence-corrected chi connectivity index (χ0v) is 19.1. The Morgan fingerprint density at radius 2 is 1.39 bits per heavy atom. The predicted octanol–water partition coefficient (Wildman–Crippen LogP) is 2.73. The van der Waals surface area contributed by atoms with Gasteiger partial charge in [0.15, 0.2) is 0 Å². The molecule has 0 unspecified atom stereocenters. The first-order chi connectivity index (χ1) is 15.7. The smallest absolute Gasteiger partial charge is 0.411 e. The summed E-state index contributed by atoms with van der Waals surface area (Å²) >= 11 is 0. The highest BCUT2D eigenvalue weighted by Crippen LogP contribution is 2.25. The number of nitrogen functional groups attached to an aromatic ring is 1. The summed E-state index contributed by atoms with van der Waals surface area (Å²) in [5, 5.41) is 29.5. The lowest BCUT2D eigenvalue weighted by Crippen LogP contribution is -2.17. The number of nitrogens with two attached hydrogens (primary N) is 1. The molecule has 0 radical (unpaired) electrons. The third kappa shape index (κ3) is 7.19. The minimum absolute atomic E-state index is 0.128. The molecule has 0 spiro atoms. The second-order valence-corrected chi connectivity index (χ2v) is 6.83. The average Bonchev–Trinajstić information content (AvgIpc) is 2.82. The summed E-state index contributed by atoms with van der Waals surface area (Å²) in [6, 6.07) is 6.37. The second-order valence-electron chi connectivity index (χ2n) is 6.83. The predicted molar refractivity (Wildman–Crippen MR) is 122 cm³/mol. The number of aliphatic hydroxyl groups excluding tert-OH is 2. The number of carbonyl (C=O) groups excluding carboxylic acids is 2. The van der Waals surface area contributed by atoms with Gasteiger partial charge in [-0.15, -0.1) is 0 Å². The molecule has 0 bridgehead atoms. The molecule has 0 atom stereocenters. The van der Waals surface area contributed by atoms with Gasteiger partial charge in [0.25, 0.3) is 0 Å². The van der Waals surface area contributed by atoms with E-state index < -0.39 is 18.0 Å². The van der Waals surface area contributed by atoms with E-state index in [0.29, 0.717) is 35.1 Å². The fraction of sp³-hybridized carbons (Fsp3) is 0.348. The zero-order valence-electron chi connectivity index (χ0n) is 19.1. The number of aryl methyl sites for hydroxylation is 2. The SMILES string of the molecule is CCc1cc(CO)cc(N)c1C(=O)O.CCc1cc(CO)cc(NC(=O)OC)c1C(=O)OC. The molecule has 0 heterocycles. The second kappa shape index (κ2) is 13.0. The number of amides is 1. The van der Waals surface area contributed by atoms with Gasteiger partial charge in [0.2, 0.25) is 0 Å². The van der Waals surface area contributed by atoms with Crippen LogP contribution in [0, 0.1) is 0 Å². The maximum atomic E-state index is 11.8. The summed E-state index contributed by atoms with van der Waals surface area (Å²) in [5.41, 5.74) is 9.05. The van der Waals surface area contributed by atoms with Gasteiger partial charge in [0, 0.05) is 5.69 Å². The Kier molecular flexibility index (Phi) is 10.8. The van der Waals surface area contributed by atoms with E-state index in [1.165, 1.54) is 26.4 Å². The van der Waals surface area contributed by atoms with Crippen molar-refractivity contribution in [2.75, 3.05) is 25.3 Å². The molecule has 0 fully saturated rings. The van der Waals surface area contributed by atoms with E-state index >= 15 is 0 Å². The molecule has 2 aromatic rings. The van der Waals surface area contributed by atoms with Crippen LogP contribution in [0.25, 0.3) is 0 Å². The number of methoxy groups -OCH3 is 2. The molecule has 180 valence electrons. The van der Waals surface area contributed by atoms with Gasteiger partial charge in [-0.1, -0.05) is 26.0 Å². The lowest BCUT2D eigenvalue weighted by Gasteiger charge is -2.14. The molecule has 1 amide bonds. The lowest BCUT2D eigenvalue weighted by atomic mass is 9.99. The highest BCUT2D eigenvalue weighted by Gasteiger charge is 2.19. The number of esters is 1. The molecule has 2 rings (SSSR count). The van der Waals surface area contributed by atoms with Crippen LogP contribution in [0.5, 0.6) is 0 Å². The molecular formula is C23H30N2O8. The molecule has 2 aromatic carbocycles. The Morgan fingerprint density at radius 3 is 1.82 bits per heavy atom. The summed E-state index contributed by atoms with van der Waals surface area (Å²) in [7, 11) is 2.49. The van der Waals surface area contributed by atoms with Crippen molar-refractivity contribution in [3.63, 3.8) is 0 Å². The van der Waals surface area contributed by atoms with Crippen LogP contribution in [0.3, 0.4) is 0 Å². The van der Waals surface area contributed by atoms with Gasteiger partial charge in [0.05, 0.1) is 44.2 Å². The van der Waals surface area contributed by atoms with Crippen molar-refractivity contribution < 1.29 is 39.2 Å². The number of carbonyl (C=O) groups is 3. The van der Waals surface area contributed by atoms with Crippen molar-refractivity contribution >= 4 is 29.4 Å². The Balaban J connectivity index is 0.000000346. The number of carboxylic acid groups (broad SMARTS) is 1. The monoisotopic (exact) mass is 462 g/mol. The minimum atomic E-state index is -1.02. The summed E-state index contributed by atoms with van der Waals surface area (Å²) in [4.78, 5) is 34.0. The van der Waals surface area contributed by atoms with E-state index in [4.69, 9.17) is 20.7 Å². The Hall–Kier alpha value is -3.63. The van der Waals surface area contributed by atoms with Crippen LogP contribution in [0.4, 0.5) is 16.2 Å². The van der Waals surface area contributed by atoms with E-state index in [-0.39, 0.29) is 35.7 Å². The first-order valence-electron chi connectivity index (χ1n) is 10.1. The van der Waals surface area contributed by atoms with Crippen LogP contribution in [0.1, 0.15) is 56.8 Å². The van der Waals surface area contributed by atoms with Crippen molar-refractivity contribution in [1.29, 1.82) is 0 Å². The van der Waals surface area contributed by atoms with E-state index in [0.717, 1.165) is 0 Å². The molecule has 33 heavy (non-hydrogen) atoms. The van der Waals surface area contributed by atoms with Gasteiger partial charge >= 0.3 is 18.0 Å². The van der Waals surface area contributed by atoms with Crippen LogP contribution in [-0.4, -0.2) is 47.6 Å². The number of aliphatic hydroxyl groups is 2. The Labute approximate surface area is 191 Å². The molecule has 6 N–H and O–H groups in total. The average molecular weight is 462 g/mol. The topological polar surface area (TPSA) is 168 Å². The van der Waals surface area contributed by atoms with Gasteiger partial charge in [-0.3, -0.25) is 5.32 Å². The third-order valence-electron chi connectivity index (χ3n) is 4.74. The van der Waals surface area contributed by atoms with Crippen molar-refractivity contribution in [2.24, 2.45) is 0 Å². The summed E-state index contributed by atoms with van der Waals surface area (Å²) in [6.07, 6.45) is 0.454. The van der Waals surface area contributed by atoms with E-state index in [9.17, 15) is 19.5 Å². The van der Waals surface area contributed by atoms with Gasteiger partial charge in [-0.2, -0.15) is 0 Å². The van der Waals surface area contributed by atoms with E-state index in [1.807, 2.05) is 13.8 Å². The van der Waals surface area contributed by atoms with E-state index in [1.54, 1.807) is 12.1 Å². The Morgan fingerprint density at radius 1 is 0.879 bits per heavy atom. The van der Waals surface area contributed by atoms with Crippen LogP contribution in [0.2, 0.25) is 0 Å². The number of nitrogens with one attached hydrogen (secondary N) is 1. The van der Waals surface area contributed by atoms with Crippen LogP contribution in [-0.2, 0) is 35.5 Å². The first kappa shape index (κ1) is 27.4. The molecule has 0 aromatic heterocycles. The maximum Gasteiger partial charge on any atom is 0.411 e. The molecule has 0 saturated carbocycles. The number of rotatable bonds is 7. The van der Waals surface area contributed by atoms with E-state index in [2.05, 4.69) is 10.1 Å². The molecule has 0 aliphatic rings. The number of hydrogen-bond donors (Lipinski definition) is 5. The van der Waals surface area contributed by atoms with Crippen molar-refractivity contribution in [3.05, 3.63) is 57.6 Å². The minimum Gasteiger partial charge on any atom is -0.478 e. The van der Waals surface area contributed by atoms with Crippen LogP contribution in [0.15, 0.2) is 24.3 Å². The lowest BCUT2D eigenvalue weighted by molar-refractivity contribution is 0.0599. The van der Waals surface area contributed by atoms with Crippen molar-refractivity contribution in [3.8, 4) is 0 Å². The number of ether oxygens (including phenoxy) is 2. The number of hydrogen-bond acceptors (Lipinski definition) is 8. The number of anilines is 2. The first-order valence-corrected chi connectivity index (χ1v) is 10.1. The van der Waals surface area contributed by atoms with Gasteiger partial charge in [-0.05, 0) is 47.2 Å². The normalized spacial score (nSPS) is 10.0. The molecular weight excluding hydrogens is 432 g/mol. The maximum absolute atomic E-state index is 11.8. The van der Waals surface area contributed by atoms with Crippen molar-refractivity contribution in [1.82, 2.24) is 0 Å². The van der Waals surface area contributed by atoms with Crippen LogP contribution >= 0.6 is 0 Å².